The molecule has 0 unspecified atom stereocenters. The zero-order valence-corrected chi connectivity index (χ0v) is 21.1. The summed E-state index contributed by atoms with van der Waals surface area (Å²) in [5.74, 6) is 1.96. The van der Waals surface area contributed by atoms with Crippen LogP contribution in [-0.2, 0) is 0 Å². The largest absolute Gasteiger partial charge is 0.490 e. The molecule has 1 nitrogen and oxygen atoms in total. The molecule has 2 fully saturated rings. The van der Waals surface area contributed by atoms with Crippen molar-refractivity contribution in [2.45, 2.75) is 96.8 Å². The van der Waals surface area contributed by atoms with Crippen molar-refractivity contribution >= 4 is 10.8 Å². The first kappa shape index (κ1) is 25.2. The van der Waals surface area contributed by atoms with Crippen LogP contribution in [-0.4, -0.2) is 6.61 Å². The van der Waals surface area contributed by atoms with Gasteiger partial charge in [-0.1, -0.05) is 76.5 Å². The molecule has 0 saturated heterocycles. The van der Waals surface area contributed by atoms with Gasteiger partial charge >= 0.3 is 0 Å². The monoisotopic (exact) mass is 468 g/mol. The van der Waals surface area contributed by atoms with E-state index in [4.69, 9.17) is 4.74 Å². The van der Waals surface area contributed by atoms with Crippen molar-refractivity contribution in [3.05, 3.63) is 53.6 Å². The fraction of sp³-hybridized carbons (Fsp3) is 0.613. The lowest BCUT2D eigenvalue weighted by molar-refractivity contribution is 0.223. The Kier molecular flexibility index (Phi) is 9.03. The van der Waals surface area contributed by atoms with E-state index in [-0.39, 0.29) is 5.92 Å². The number of hydrogen-bond acceptors (Lipinski definition) is 1. The number of rotatable bonds is 9. The maximum absolute atomic E-state index is 15.1. The van der Waals surface area contributed by atoms with E-state index in [1.54, 1.807) is 6.07 Å². The summed E-state index contributed by atoms with van der Waals surface area (Å²) in [5, 5.41) is 1.06. The van der Waals surface area contributed by atoms with Gasteiger partial charge in [-0.25, -0.2) is 8.78 Å². The highest BCUT2D eigenvalue weighted by molar-refractivity contribution is 5.85. The quantitative estimate of drug-likeness (QED) is 0.333. The summed E-state index contributed by atoms with van der Waals surface area (Å²) in [5.41, 5.74) is 0.570. The molecule has 2 saturated carbocycles. The Morgan fingerprint density at radius 1 is 0.824 bits per heavy atom. The van der Waals surface area contributed by atoms with Crippen LogP contribution in [0.4, 0.5) is 8.78 Å². The Labute approximate surface area is 205 Å². The smallest absolute Gasteiger partial charge is 0.167 e. The molecule has 0 N–H and O–H groups in total. The molecule has 0 atom stereocenters. The Morgan fingerprint density at radius 3 is 2.06 bits per heavy atom. The van der Waals surface area contributed by atoms with Gasteiger partial charge in [-0.15, -0.1) is 0 Å². The third kappa shape index (κ3) is 6.20. The first-order valence-corrected chi connectivity index (χ1v) is 13.7. The zero-order chi connectivity index (χ0) is 23.9. The maximum atomic E-state index is 15.1. The van der Waals surface area contributed by atoms with E-state index in [1.165, 1.54) is 51.4 Å². The predicted octanol–water partition coefficient (Wildman–Crippen LogP) is 9.73. The van der Waals surface area contributed by atoms with Crippen LogP contribution in [0.3, 0.4) is 0 Å². The molecule has 0 bridgehead atoms. The molecule has 4 rings (SSSR count). The van der Waals surface area contributed by atoms with Gasteiger partial charge in [0.05, 0.1) is 0 Å². The molecule has 2 aliphatic carbocycles. The summed E-state index contributed by atoms with van der Waals surface area (Å²) in [6.45, 7) is 4.65. The summed E-state index contributed by atoms with van der Waals surface area (Å²) in [7, 11) is 0. The van der Waals surface area contributed by atoms with Gasteiger partial charge in [0, 0.05) is 5.39 Å². The van der Waals surface area contributed by atoms with Gasteiger partial charge in [-0.3, -0.25) is 0 Å². The molecule has 2 aromatic rings. The number of halogens is 2. The summed E-state index contributed by atoms with van der Waals surface area (Å²) in [4.78, 5) is 0. The first-order valence-electron chi connectivity index (χ1n) is 13.7. The third-order valence-electron chi connectivity index (χ3n) is 8.53. The second-order valence-corrected chi connectivity index (χ2v) is 10.8. The average Bonchev–Trinajstić information content (AvgIpc) is 2.87. The highest BCUT2D eigenvalue weighted by Crippen LogP contribution is 2.42. The van der Waals surface area contributed by atoms with E-state index in [2.05, 4.69) is 6.92 Å². The summed E-state index contributed by atoms with van der Waals surface area (Å²) in [6, 6.07) is 7.20. The zero-order valence-electron chi connectivity index (χ0n) is 21.1. The second-order valence-electron chi connectivity index (χ2n) is 10.8. The third-order valence-corrected chi connectivity index (χ3v) is 8.53. The molecule has 3 heteroatoms. The minimum Gasteiger partial charge on any atom is -0.490 e. The first-order chi connectivity index (χ1) is 16.6. The number of benzene rings is 2. The van der Waals surface area contributed by atoms with Crippen LogP contribution in [0.2, 0.25) is 0 Å². The van der Waals surface area contributed by atoms with E-state index in [9.17, 15) is 0 Å². The van der Waals surface area contributed by atoms with E-state index >= 15 is 8.78 Å². The van der Waals surface area contributed by atoms with Gasteiger partial charge in [-0.2, -0.15) is 0 Å². The Balaban J connectivity index is 1.32. The van der Waals surface area contributed by atoms with Crippen molar-refractivity contribution in [1.82, 2.24) is 0 Å². The molecule has 34 heavy (non-hydrogen) atoms. The van der Waals surface area contributed by atoms with Crippen molar-refractivity contribution < 1.29 is 13.5 Å². The second kappa shape index (κ2) is 12.2. The molecule has 0 radical (unpaired) electrons. The summed E-state index contributed by atoms with van der Waals surface area (Å²) >= 11 is 0. The molecule has 0 amide bonds. The topological polar surface area (TPSA) is 9.23 Å². The van der Waals surface area contributed by atoms with Gasteiger partial charge < -0.3 is 4.74 Å². The average molecular weight is 469 g/mol. The summed E-state index contributed by atoms with van der Waals surface area (Å²) in [6.07, 6.45) is 19.2. The minimum absolute atomic E-state index is 0.130. The highest BCUT2D eigenvalue weighted by atomic mass is 19.2. The lowest BCUT2D eigenvalue weighted by Crippen LogP contribution is -2.18. The molecule has 2 aliphatic rings. The molecule has 2 aromatic carbocycles. The maximum Gasteiger partial charge on any atom is 0.167 e. The van der Waals surface area contributed by atoms with Crippen LogP contribution in [0.5, 0.6) is 5.75 Å². The SMILES string of the molecule is CC=CCOc1ccc2cc(C3CCC(CCC4CCC(CCC)CC4)CC3)c(F)c(F)c2c1. The van der Waals surface area contributed by atoms with Gasteiger partial charge in [-0.05, 0) is 85.4 Å². The fourth-order valence-electron chi connectivity index (χ4n) is 6.41. The molecular formula is C31H42F2O. The van der Waals surface area contributed by atoms with Crippen LogP contribution in [0.1, 0.15) is 102 Å². The highest BCUT2D eigenvalue weighted by Gasteiger charge is 2.28. The van der Waals surface area contributed by atoms with Crippen molar-refractivity contribution in [3.63, 3.8) is 0 Å². The van der Waals surface area contributed by atoms with Gasteiger partial charge in [0.1, 0.15) is 12.4 Å². The van der Waals surface area contributed by atoms with Gasteiger partial charge in [0.15, 0.2) is 11.6 Å². The Hall–Kier alpha value is -1.90. The van der Waals surface area contributed by atoms with Crippen molar-refractivity contribution in [1.29, 1.82) is 0 Å². The molecule has 186 valence electrons. The van der Waals surface area contributed by atoms with Crippen LogP contribution >= 0.6 is 0 Å². The van der Waals surface area contributed by atoms with Crippen LogP contribution < -0.4 is 4.74 Å². The normalized spacial score (nSPS) is 25.8. The van der Waals surface area contributed by atoms with E-state index in [1.807, 2.05) is 37.3 Å². The lowest BCUT2D eigenvalue weighted by atomic mass is 9.74. The molecular weight excluding hydrogens is 426 g/mol. The fourth-order valence-corrected chi connectivity index (χ4v) is 6.41. The van der Waals surface area contributed by atoms with E-state index in [0.29, 0.717) is 23.3 Å². The molecule has 0 heterocycles. The van der Waals surface area contributed by atoms with E-state index in [0.717, 1.165) is 48.8 Å². The number of fused-ring (bicyclic) bond motifs is 1. The van der Waals surface area contributed by atoms with Crippen molar-refractivity contribution in [2.24, 2.45) is 17.8 Å². The molecule has 0 spiro atoms. The van der Waals surface area contributed by atoms with Gasteiger partial charge in [0.25, 0.3) is 0 Å². The van der Waals surface area contributed by atoms with Crippen molar-refractivity contribution in [3.8, 4) is 5.75 Å². The Bertz CT molecular complexity index is 950. The van der Waals surface area contributed by atoms with Crippen molar-refractivity contribution in [2.75, 3.05) is 6.61 Å². The minimum atomic E-state index is -0.732. The molecule has 0 aliphatic heterocycles. The number of ether oxygens (including phenoxy) is 1. The number of hydrogen-bond donors (Lipinski definition) is 0. The van der Waals surface area contributed by atoms with Crippen LogP contribution in [0.15, 0.2) is 36.4 Å². The summed E-state index contributed by atoms with van der Waals surface area (Å²) < 4.78 is 35.7. The Morgan fingerprint density at radius 2 is 1.44 bits per heavy atom. The van der Waals surface area contributed by atoms with Gasteiger partial charge in [0.2, 0.25) is 0 Å². The standard InChI is InChI=1S/C31H42F2O/c1-3-5-19-34-27-18-17-26-20-28(30(32)31(33)29(26)21-27)25-15-13-24(14-16-25)12-11-23-9-7-22(6-4-2)8-10-23/h3,5,17-18,20-25H,4,6-16,19H2,1-2H3. The van der Waals surface area contributed by atoms with Crippen LogP contribution in [0, 0.1) is 29.4 Å². The predicted molar refractivity (Wildman–Crippen MR) is 138 cm³/mol. The lowest BCUT2D eigenvalue weighted by Gasteiger charge is -2.32. The van der Waals surface area contributed by atoms with Crippen LogP contribution in [0.25, 0.3) is 10.8 Å². The molecule has 0 aromatic heterocycles. The van der Waals surface area contributed by atoms with E-state index < -0.39 is 11.6 Å². The number of allylic oxidation sites excluding steroid dienone is 1.